The molecule has 2 atom stereocenters. The molecule has 1 saturated heterocycles. The standard InChI is InChI=1S/C15H22ClN3O3S/c1-11-7-12(9-17)10-19(11)15(20)5-6-18-23(21,22)14-4-2-3-13(16)8-14/h2-4,8,11-12,18H,5-7,9-10,17H2,1H3. The zero-order chi connectivity index (χ0) is 17.0. The fraction of sp³-hybridized carbons (Fsp3) is 0.533. The van der Waals surface area contributed by atoms with E-state index >= 15 is 0 Å². The normalized spacial score (nSPS) is 21.6. The van der Waals surface area contributed by atoms with Crippen molar-refractivity contribution in [2.75, 3.05) is 19.6 Å². The first-order chi connectivity index (χ1) is 10.8. The third kappa shape index (κ3) is 4.67. The van der Waals surface area contributed by atoms with Gasteiger partial charge in [-0.2, -0.15) is 0 Å². The Labute approximate surface area is 142 Å². The molecule has 1 aliphatic heterocycles. The number of carbonyl (C=O) groups excluding carboxylic acids is 1. The summed E-state index contributed by atoms with van der Waals surface area (Å²) in [6, 6.07) is 6.17. The molecule has 128 valence electrons. The Kier molecular flexibility index (Phi) is 6.02. The molecule has 1 fully saturated rings. The number of sulfonamides is 1. The van der Waals surface area contributed by atoms with Gasteiger partial charge in [0.2, 0.25) is 15.9 Å². The SMILES string of the molecule is CC1CC(CN)CN1C(=O)CCNS(=O)(=O)c1cccc(Cl)c1. The molecule has 2 rings (SSSR count). The van der Waals surface area contributed by atoms with Gasteiger partial charge < -0.3 is 10.6 Å². The van der Waals surface area contributed by atoms with Crippen molar-refractivity contribution in [3.05, 3.63) is 29.3 Å². The third-order valence-electron chi connectivity index (χ3n) is 4.05. The summed E-state index contributed by atoms with van der Waals surface area (Å²) in [5.74, 6) is 0.277. The molecule has 0 bridgehead atoms. The van der Waals surface area contributed by atoms with Gasteiger partial charge in [0.1, 0.15) is 0 Å². The quantitative estimate of drug-likeness (QED) is 0.798. The molecule has 1 heterocycles. The second-order valence-corrected chi connectivity index (χ2v) is 8.04. The lowest BCUT2D eigenvalue weighted by molar-refractivity contribution is -0.131. The van der Waals surface area contributed by atoms with Crippen LogP contribution in [0.1, 0.15) is 19.8 Å². The number of nitrogens with two attached hydrogens (primary N) is 1. The van der Waals surface area contributed by atoms with Gasteiger partial charge in [-0.15, -0.1) is 0 Å². The van der Waals surface area contributed by atoms with Crippen molar-refractivity contribution in [1.29, 1.82) is 0 Å². The van der Waals surface area contributed by atoms with Crippen LogP contribution in [-0.2, 0) is 14.8 Å². The first-order valence-corrected chi connectivity index (χ1v) is 9.44. The third-order valence-corrected chi connectivity index (χ3v) is 5.75. The average Bonchev–Trinajstić information content (AvgIpc) is 2.88. The Morgan fingerprint density at radius 1 is 1.48 bits per heavy atom. The number of nitrogens with zero attached hydrogens (tertiary/aromatic N) is 1. The highest BCUT2D eigenvalue weighted by molar-refractivity contribution is 7.89. The molecule has 0 aliphatic carbocycles. The predicted molar refractivity (Wildman–Crippen MR) is 89.6 cm³/mol. The van der Waals surface area contributed by atoms with E-state index in [4.69, 9.17) is 17.3 Å². The fourth-order valence-electron chi connectivity index (χ4n) is 2.81. The van der Waals surface area contributed by atoms with Gasteiger partial charge in [0.15, 0.2) is 0 Å². The summed E-state index contributed by atoms with van der Waals surface area (Å²) in [7, 11) is -3.66. The van der Waals surface area contributed by atoms with Crippen molar-refractivity contribution in [2.24, 2.45) is 11.7 Å². The van der Waals surface area contributed by atoms with E-state index < -0.39 is 10.0 Å². The number of nitrogens with one attached hydrogen (secondary N) is 1. The van der Waals surface area contributed by atoms with Crippen LogP contribution in [0.2, 0.25) is 5.02 Å². The molecule has 3 N–H and O–H groups in total. The van der Waals surface area contributed by atoms with Crippen LogP contribution in [0.5, 0.6) is 0 Å². The number of benzene rings is 1. The zero-order valence-electron chi connectivity index (χ0n) is 13.0. The molecular weight excluding hydrogens is 338 g/mol. The zero-order valence-corrected chi connectivity index (χ0v) is 14.6. The van der Waals surface area contributed by atoms with E-state index in [1.165, 1.54) is 12.1 Å². The summed E-state index contributed by atoms with van der Waals surface area (Å²) in [4.78, 5) is 14.1. The number of hydrogen-bond donors (Lipinski definition) is 2. The van der Waals surface area contributed by atoms with Gasteiger partial charge in [0.05, 0.1) is 4.90 Å². The van der Waals surface area contributed by atoms with E-state index in [0.717, 1.165) is 6.42 Å². The smallest absolute Gasteiger partial charge is 0.240 e. The second kappa shape index (κ2) is 7.61. The molecule has 0 saturated carbocycles. The molecule has 1 aromatic rings. The molecule has 6 nitrogen and oxygen atoms in total. The fourth-order valence-corrected chi connectivity index (χ4v) is 4.15. The largest absolute Gasteiger partial charge is 0.340 e. The first-order valence-electron chi connectivity index (χ1n) is 7.58. The molecular formula is C15H22ClN3O3S. The molecule has 2 unspecified atom stereocenters. The van der Waals surface area contributed by atoms with Crippen LogP contribution in [0.15, 0.2) is 29.2 Å². The van der Waals surface area contributed by atoms with Crippen LogP contribution in [-0.4, -0.2) is 44.9 Å². The van der Waals surface area contributed by atoms with Gasteiger partial charge in [-0.25, -0.2) is 13.1 Å². The number of rotatable bonds is 6. The average molecular weight is 360 g/mol. The molecule has 0 aromatic heterocycles. The molecule has 1 amide bonds. The van der Waals surface area contributed by atoms with Crippen molar-refractivity contribution < 1.29 is 13.2 Å². The van der Waals surface area contributed by atoms with Gasteiger partial charge in [-0.3, -0.25) is 4.79 Å². The Morgan fingerprint density at radius 3 is 2.83 bits per heavy atom. The molecule has 0 spiro atoms. The van der Waals surface area contributed by atoms with Crippen LogP contribution in [0.4, 0.5) is 0 Å². The summed E-state index contributed by atoms with van der Waals surface area (Å²) in [6.07, 6.45) is 1.03. The topological polar surface area (TPSA) is 92.5 Å². The molecule has 1 aliphatic rings. The van der Waals surface area contributed by atoms with E-state index in [2.05, 4.69) is 4.72 Å². The lowest BCUT2D eigenvalue weighted by Crippen LogP contribution is -2.37. The summed E-state index contributed by atoms with van der Waals surface area (Å²) in [5, 5.41) is 0.350. The maximum absolute atomic E-state index is 12.2. The second-order valence-electron chi connectivity index (χ2n) is 5.84. The van der Waals surface area contributed by atoms with Crippen LogP contribution in [0, 0.1) is 5.92 Å². The molecule has 8 heteroatoms. The van der Waals surface area contributed by atoms with Crippen LogP contribution < -0.4 is 10.5 Å². The van der Waals surface area contributed by atoms with E-state index in [-0.39, 0.29) is 29.8 Å². The Balaban J connectivity index is 1.88. The summed E-state index contributed by atoms with van der Waals surface area (Å²) in [5.41, 5.74) is 5.65. The minimum absolute atomic E-state index is 0.0535. The monoisotopic (exact) mass is 359 g/mol. The lowest BCUT2D eigenvalue weighted by Gasteiger charge is -2.21. The minimum atomic E-state index is -3.66. The van der Waals surface area contributed by atoms with Gasteiger partial charge in [0.25, 0.3) is 0 Å². The van der Waals surface area contributed by atoms with Crippen LogP contribution in [0.25, 0.3) is 0 Å². The summed E-state index contributed by atoms with van der Waals surface area (Å²) >= 11 is 5.80. The maximum atomic E-state index is 12.2. The van der Waals surface area contributed by atoms with Crippen molar-refractivity contribution in [1.82, 2.24) is 9.62 Å². The molecule has 1 aromatic carbocycles. The van der Waals surface area contributed by atoms with Gasteiger partial charge in [0, 0.05) is 30.6 Å². The predicted octanol–water partition coefficient (Wildman–Crippen LogP) is 1.20. The molecule has 0 radical (unpaired) electrons. The van der Waals surface area contributed by atoms with E-state index in [0.29, 0.717) is 24.0 Å². The van der Waals surface area contributed by atoms with E-state index in [1.54, 1.807) is 17.0 Å². The highest BCUT2D eigenvalue weighted by Gasteiger charge is 2.31. The maximum Gasteiger partial charge on any atom is 0.240 e. The van der Waals surface area contributed by atoms with Crippen molar-refractivity contribution in [3.63, 3.8) is 0 Å². The van der Waals surface area contributed by atoms with E-state index in [1.807, 2.05) is 6.92 Å². The van der Waals surface area contributed by atoms with Crippen molar-refractivity contribution in [2.45, 2.75) is 30.7 Å². The van der Waals surface area contributed by atoms with Gasteiger partial charge >= 0.3 is 0 Å². The summed E-state index contributed by atoms with van der Waals surface area (Å²) < 4.78 is 26.7. The highest BCUT2D eigenvalue weighted by atomic mass is 35.5. The van der Waals surface area contributed by atoms with Gasteiger partial charge in [-0.1, -0.05) is 17.7 Å². The number of carbonyl (C=O) groups is 1. The lowest BCUT2D eigenvalue weighted by atomic mass is 10.1. The van der Waals surface area contributed by atoms with Crippen molar-refractivity contribution in [3.8, 4) is 0 Å². The summed E-state index contributed by atoms with van der Waals surface area (Å²) in [6.45, 7) is 3.26. The Morgan fingerprint density at radius 2 is 2.22 bits per heavy atom. The minimum Gasteiger partial charge on any atom is -0.340 e. The number of likely N-dealkylation sites (tertiary alicyclic amines) is 1. The van der Waals surface area contributed by atoms with Gasteiger partial charge in [-0.05, 0) is 44.0 Å². The number of halogens is 1. The van der Waals surface area contributed by atoms with Crippen LogP contribution in [0.3, 0.4) is 0 Å². The Bertz CT molecular complexity index is 666. The van der Waals surface area contributed by atoms with Crippen LogP contribution >= 0.6 is 11.6 Å². The Hall–Kier alpha value is -1.15. The van der Waals surface area contributed by atoms with E-state index in [9.17, 15) is 13.2 Å². The number of hydrogen-bond acceptors (Lipinski definition) is 4. The van der Waals surface area contributed by atoms with Crippen molar-refractivity contribution >= 4 is 27.5 Å². The highest BCUT2D eigenvalue weighted by Crippen LogP contribution is 2.22. The number of amides is 1. The molecule has 23 heavy (non-hydrogen) atoms. The first kappa shape index (κ1) is 18.2.